The van der Waals surface area contributed by atoms with E-state index in [9.17, 15) is 14.7 Å². The quantitative estimate of drug-likeness (QED) is 0.245. The molecule has 0 saturated carbocycles. The zero-order valence-corrected chi connectivity index (χ0v) is 25.2. The number of hydrogen-bond donors (Lipinski definition) is 2. The summed E-state index contributed by atoms with van der Waals surface area (Å²) in [5.74, 6) is 0.0518. The molecule has 0 fully saturated rings. The van der Waals surface area contributed by atoms with Crippen LogP contribution in [0.15, 0.2) is 85.1 Å². The summed E-state index contributed by atoms with van der Waals surface area (Å²) < 4.78 is 12.7. The van der Waals surface area contributed by atoms with Crippen molar-refractivity contribution in [1.29, 1.82) is 0 Å². The van der Waals surface area contributed by atoms with Gasteiger partial charge in [-0.2, -0.15) is 0 Å². The third kappa shape index (κ3) is 5.67. The monoisotopic (exact) mass is 609 g/mol. The standard InChI is InChI=1S/C34H35N5O6/c1-23(7-5-6-17-37-21-25(16-18-40)35-36-37)34(43)28-19-27(44-2)14-15-29(28)38(33(34)42)20-24-10-12-26(13-11-24)39-30-8-3-4-9-31(30)45-22-32(39)41/h3-5,7-15,19,21,23,40,43H,6,16-18,20,22H2,1-2H3/b7-5+/t23-,34+/m1/s1. The van der Waals surface area contributed by atoms with Crippen LogP contribution in [0.5, 0.6) is 11.5 Å². The molecule has 45 heavy (non-hydrogen) atoms. The van der Waals surface area contributed by atoms with Gasteiger partial charge in [-0.3, -0.25) is 19.2 Å². The first-order valence-electron chi connectivity index (χ1n) is 14.9. The van der Waals surface area contributed by atoms with Crippen molar-refractivity contribution in [3.05, 3.63) is 102 Å². The van der Waals surface area contributed by atoms with Gasteiger partial charge < -0.3 is 24.6 Å². The number of anilines is 3. The molecule has 3 heterocycles. The van der Waals surface area contributed by atoms with Gasteiger partial charge in [0.2, 0.25) is 0 Å². The number of aliphatic hydroxyl groups excluding tert-OH is 1. The van der Waals surface area contributed by atoms with Gasteiger partial charge in [-0.25, -0.2) is 0 Å². The number of ether oxygens (including phenoxy) is 2. The molecule has 11 nitrogen and oxygen atoms in total. The van der Waals surface area contributed by atoms with Crippen LogP contribution in [-0.2, 0) is 34.7 Å². The number of amides is 2. The highest BCUT2D eigenvalue weighted by molar-refractivity contribution is 6.07. The molecule has 6 rings (SSSR count). The molecule has 2 N–H and O–H groups in total. The number of methoxy groups -OCH3 is 1. The van der Waals surface area contributed by atoms with Crippen LogP contribution in [0.3, 0.4) is 0 Å². The fourth-order valence-corrected chi connectivity index (χ4v) is 5.85. The van der Waals surface area contributed by atoms with Gasteiger partial charge in [0.25, 0.3) is 11.8 Å². The summed E-state index contributed by atoms with van der Waals surface area (Å²) in [6.07, 6.45) is 6.64. The Bertz CT molecular complexity index is 1740. The number of benzene rings is 3. The molecule has 0 radical (unpaired) electrons. The number of allylic oxidation sites excluding steroid dienone is 1. The van der Waals surface area contributed by atoms with Crippen molar-refractivity contribution in [2.75, 3.05) is 30.1 Å². The maximum absolute atomic E-state index is 14.0. The summed E-state index contributed by atoms with van der Waals surface area (Å²) in [6.45, 7) is 2.59. The van der Waals surface area contributed by atoms with Crippen LogP contribution in [0.25, 0.3) is 0 Å². The lowest BCUT2D eigenvalue weighted by Crippen LogP contribution is -2.44. The normalized spacial score (nSPS) is 18.2. The van der Waals surface area contributed by atoms with E-state index in [4.69, 9.17) is 14.6 Å². The lowest BCUT2D eigenvalue weighted by Gasteiger charge is -2.29. The van der Waals surface area contributed by atoms with Crippen LogP contribution < -0.4 is 19.3 Å². The van der Waals surface area contributed by atoms with E-state index in [-0.39, 0.29) is 25.7 Å². The molecule has 0 spiro atoms. The lowest BCUT2D eigenvalue weighted by atomic mass is 9.83. The van der Waals surface area contributed by atoms with E-state index in [2.05, 4.69) is 10.3 Å². The number of carbonyl (C=O) groups excluding carboxylic acids is 2. The topological polar surface area (TPSA) is 130 Å². The number of nitrogens with zero attached hydrogens (tertiary/aromatic N) is 5. The van der Waals surface area contributed by atoms with Crippen LogP contribution in [-0.4, -0.2) is 57.3 Å². The first-order chi connectivity index (χ1) is 21.8. The molecule has 2 atom stereocenters. The van der Waals surface area contributed by atoms with E-state index in [0.29, 0.717) is 53.5 Å². The predicted octanol–water partition coefficient (Wildman–Crippen LogP) is 3.90. The summed E-state index contributed by atoms with van der Waals surface area (Å²) in [5, 5.41) is 29.3. The predicted molar refractivity (Wildman–Crippen MR) is 167 cm³/mol. The van der Waals surface area contributed by atoms with Crippen molar-refractivity contribution in [2.45, 2.75) is 38.5 Å². The summed E-state index contributed by atoms with van der Waals surface area (Å²) >= 11 is 0. The summed E-state index contributed by atoms with van der Waals surface area (Å²) in [4.78, 5) is 30.0. The molecule has 232 valence electrons. The highest BCUT2D eigenvalue weighted by Crippen LogP contribution is 2.47. The average molecular weight is 610 g/mol. The molecule has 2 aliphatic heterocycles. The van der Waals surface area contributed by atoms with Crippen LogP contribution in [0.2, 0.25) is 0 Å². The molecule has 11 heteroatoms. The van der Waals surface area contributed by atoms with Crippen molar-refractivity contribution < 1.29 is 29.3 Å². The maximum Gasteiger partial charge on any atom is 0.269 e. The van der Waals surface area contributed by atoms with Gasteiger partial charge >= 0.3 is 0 Å². The number of aryl methyl sites for hydroxylation is 1. The Hall–Kier alpha value is -5.00. The summed E-state index contributed by atoms with van der Waals surface area (Å²) in [6, 6.07) is 20.2. The minimum atomic E-state index is -1.80. The first kappa shape index (κ1) is 30.0. The summed E-state index contributed by atoms with van der Waals surface area (Å²) in [7, 11) is 1.55. The number of aromatic nitrogens is 3. The largest absolute Gasteiger partial charge is 0.497 e. The highest BCUT2D eigenvalue weighted by atomic mass is 16.5. The lowest BCUT2D eigenvalue weighted by molar-refractivity contribution is -0.139. The number of fused-ring (bicyclic) bond motifs is 2. The van der Waals surface area contributed by atoms with Crippen molar-refractivity contribution >= 4 is 28.9 Å². The van der Waals surface area contributed by atoms with Gasteiger partial charge in [-0.1, -0.05) is 48.6 Å². The van der Waals surface area contributed by atoms with Crippen molar-refractivity contribution in [2.24, 2.45) is 5.92 Å². The fraction of sp³-hybridized carbons (Fsp3) is 0.294. The Morgan fingerprint density at radius 1 is 1.09 bits per heavy atom. The Kier molecular flexibility index (Phi) is 8.38. The second-order valence-corrected chi connectivity index (χ2v) is 11.1. The number of para-hydroxylation sites is 2. The zero-order valence-electron chi connectivity index (χ0n) is 25.2. The average Bonchev–Trinajstić information content (AvgIpc) is 3.60. The SMILES string of the molecule is COc1ccc2c(c1)[C@@](O)([C@H](C)/C=C/CCn1cc(CCO)nn1)C(=O)N2Cc1ccc(N2C(=O)COc3ccccc32)cc1. The van der Waals surface area contributed by atoms with Gasteiger partial charge in [0.1, 0.15) is 11.5 Å². The number of rotatable bonds is 11. The molecular weight excluding hydrogens is 574 g/mol. The minimum Gasteiger partial charge on any atom is -0.497 e. The second-order valence-electron chi connectivity index (χ2n) is 11.1. The van der Waals surface area contributed by atoms with Gasteiger partial charge in [-0.05, 0) is 54.4 Å². The number of aliphatic hydroxyl groups is 2. The van der Waals surface area contributed by atoms with E-state index in [0.717, 1.165) is 11.3 Å². The van der Waals surface area contributed by atoms with E-state index >= 15 is 0 Å². The first-order valence-corrected chi connectivity index (χ1v) is 14.9. The fourth-order valence-electron chi connectivity index (χ4n) is 5.85. The molecule has 2 amide bonds. The Balaban J connectivity index is 1.21. The molecule has 0 saturated heterocycles. The molecular formula is C34H35N5O6. The molecule has 0 bridgehead atoms. The van der Waals surface area contributed by atoms with Gasteiger partial charge in [-0.15, -0.1) is 5.10 Å². The number of carbonyl (C=O) groups is 2. The summed E-state index contributed by atoms with van der Waals surface area (Å²) in [5.41, 5.74) is 2.24. The molecule has 0 unspecified atom stereocenters. The number of hydrogen-bond acceptors (Lipinski definition) is 8. The van der Waals surface area contributed by atoms with E-state index in [1.165, 1.54) is 0 Å². The van der Waals surface area contributed by atoms with Crippen molar-refractivity contribution in [3.63, 3.8) is 0 Å². The molecule has 3 aromatic carbocycles. The van der Waals surface area contributed by atoms with E-state index in [1.807, 2.05) is 67.6 Å². The van der Waals surface area contributed by atoms with Crippen molar-refractivity contribution in [3.8, 4) is 11.5 Å². The molecule has 2 aliphatic rings. The Labute approximate surface area is 260 Å². The van der Waals surface area contributed by atoms with Gasteiger partial charge in [0, 0.05) is 42.9 Å². The second kappa shape index (κ2) is 12.5. The van der Waals surface area contributed by atoms with Crippen LogP contribution in [0.4, 0.5) is 17.1 Å². The molecule has 1 aromatic heterocycles. The third-order valence-corrected chi connectivity index (χ3v) is 8.28. The smallest absolute Gasteiger partial charge is 0.269 e. The van der Waals surface area contributed by atoms with Crippen LogP contribution in [0.1, 0.15) is 30.2 Å². The Morgan fingerprint density at radius 2 is 1.89 bits per heavy atom. The minimum absolute atomic E-state index is 0.0157. The van der Waals surface area contributed by atoms with Gasteiger partial charge in [0.15, 0.2) is 12.2 Å². The molecule has 4 aromatic rings. The Morgan fingerprint density at radius 3 is 2.67 bits per heavy atom. The van der Waals surface area contributed by atoms with E-state index in [1.54, 1.807) is 46.0 Å². The van der Waals surface area contributed by atoms with Gasteiger partial charge in [0.05, 0.1) is 30.7 Å². The molecule has 0 aliphatic carbocycles. The van der Waals surface area contributed by atoms with Crippen LogP contribution in [0, 0.1) is 5.92 Å². The maximum atomic E-state index is 14.0. The third-order valence-electron chi connectivity index (χ3n) is 8.28. The van der Waals surface area contributed by atoms with E-state index < -0.39 is 17.4 Å². The van der Waals surface area contributed by atoms with Crippen LogP contribution >= 0.6 is 0 Å². The van der Waals surface area contributed by atoms with Crippen molar-refractivity contribution in [1.82, 2.24) is 15.0 Å². The zero-order chi connectivity index (χ0) is 31.6. The highest BCUT2D eigenvalue weighted by Gasteiger charge is 2.52.